The van der Waals surface area contributed by atoms with Gasteiger partial charge in [-0.3, -0.25) is 0 Å². The molecule has 0 aliphatic heterocycles. The lowest BCUT2D eigenvalue weighted by molar-refractivity contribution is -0.142. The lowest BCUT2D eigenvalue weighted by atomic mass is 10.2. The molecule has 0 aromatic heterocycles. The second-order valence-corrected chi connectivity index (χ2v) is 6.69. The summed E-state index contributed by atoms with van der Waals surface area (Å²) in [6, 6.07) is 0. The van der Waals surface area contributed by atoms with Crippen molar-refractivity contribution in [2.24, 2.45) is 0 Å². The average molecular weight is 506 g/mol. The molecule has 0 unspecified atom stereocenters. The number of alkyl halides is 1. The van der Waals surface area contributed by atoms with E-state index in [2.05, 4.69) is 22.6 Å². The Balaban J connectivity index is 2.98. The number of hydrogen-bond donors (Lipinski definition) is 1. The Morgan fingerprint density at radius 2 is 0.926 bits per heavy atom. The van der Waals surface area contributed by atoms with E-state index in [1.807, 2.05) is 0 Å². The molecule has 0 radical (unpaired) electrons. The number of carboxylic acid groups (broad SMARTS) is 1. The van der Waals surface area contributed by atoms with Crippen LogP contribution in [0.5, 0.6) is 0 Å². The van der Waals surface area contributed by atoms with Gasteiger partial charge in [-0.25, -0.2) is 4.79 Å². The van der Waals surface area contributed by atoms with Crippen LogP contribution < -0.4 is 0 Å². The highest BCUT2D eigenvalue weighted by atomic mass is 127. The van der Waals surface area contributed by atoms with Gasteiger partial charge in [-0.05, 0) is 17.3 Å². The van der Waals surface area contributed by atoms with Gasteiger partial charge in [0.25, 0.3) is 0 Å². The number of halogens is 1. The van der Waals surface area contributed by atoms with Crippen molar-refractivity contribution in [1.29, 1.82) is 0 Å². The van der Waals surface area contributed by atoms with Gasteiger partial charge in [0.15, 0.2) is 0 Å². The normalized spacial score (nSPS) is 11.1. The zero-order valence-electron chi connectivity index (χ0n) is 16.2. The maximum absolute atomic E-state index is 10.2. The molecule has 0 amide bonds. The summed E-state index contributed by atoms with van der Waals surface area (Å²) in [6.45, 7) is 5.38. The fourth-order valence-electron chi connectivity index (χ4n) is 1.91. The van der Waals surface area contributed by atoms with Gasteiger partial charge < -0.3 is 33.5 Å². The molecule has 0 bridgehead atoms. The second-order valence-electron chi connectivity index (χ2n) is 5.61. The summed E-state index contributed by atoms with van der Waals surface area (Å²) in [7, 11) is 0. The van der Waals surface area contributed by atoms with Gasteiger partial charge in [-0.2, -0.15) is 0 Å². The molecule has 8 nitrogen and oxygen atoms in total. The highest BCUT2D eigenvalue weighted by molar-refractivity contribution is 14.1. The molecule has 0 atom stereocenters. The lowest BCUT2D eigenvalue weighted by Crippen LogP contribution is -2.15. The van der Waals surface area contributed by atoms with Gasteiger partial charge >= 0.3 is 5.97 Å². The van der Waals surface area contributed by atoms with Crippen LogP contribution in [0.15, 0.2) is 0 Å². The molecule has 0 saturated carbocycles. The molecule has 0 aromatic carbocycles. The van der Waals surface area contributed by atoms with Crippen molar-refractivity contribution < 1.29 is 38.3 Å². The van der Waals surface area contributed by atoms with Crippen LogP contribution in [0.4, 0.5) is 0 Å². The van der Waals surface area contributed by atoms with Gasteiger partial charge in [-0.1, -0.05) is 35.4 Å². The molecule has 9 heteroatoms. The van der Waals surface area contributed by atoms with E-state index in [9.17, 15) is 4.79 Å². The predicted octanol–water partition coefficient (Wildman–Crippen LogP) is 2.17. The minimum Gasteiger partial charge on any atom is -0.480 e. The monoisotopic (exact) mass is 506 g/mol. The minimum absolute atomic E-state index is 0.263. The van der Waals surface area contributed by atoms with Crippen LogP contribution in [0.2, 0.25) is 0 Å². The van der Waals surface area contributed by atoms with Crippen molar-refractivity contribution in [2.45, 2.75) is 25.7 Å². The molecule has 0 heterocycles. The number of aliphatic carboxylic acids is 1. The Morgan fingerprint density at radius 3 is 1.33 bits per heavy atom. The van der Waals surface area contributed by atoms with E-state index in [1.54, 1.807) is 0 Å². The second kappa shape index (κ2) is 24.0. The molecule has 0 aliphatic carbocycles. The number of carbonyl (C=O) groups is 1. The van der Waals surface area contributed by atoms with Gasteiger partial charge in [0.2, 0.25) is 0 Å². The zero-order chi connectivity index (χ0) is 19.8. The topological polar surface area (TPSA) is 92.7 Å². The Kier molecular flexibility index (Phi) is 24.0. The highest BCUT2D eigenvalue weighted by Gasteiger charge is 1.96. The quantitative estimate of drug-likeness (QED) is 0.128. The predicted molar refractivity (Wildman–Crippen MR) is 110 cm³/mol. The maximum Gasteiger partial charge on any atom is 0.329 e. The van der Waals surface area contributed by atoms with Crippen LogP contribution in [0, 0.1) is 0 Å². The van der Waals surface area contributed by atoms with E-state index in [0.29, 0.717) is 59.5 Å². The third-order valence-corrected chi connectivity index (χ3v) is 4.02. The van der Waals surface area contributed by atoms with Crippen LogP contribution in [0.3, 0.4) is 0 Å². The van der Waals surface area contributed by atoms with E-state index >= 15 is 0 Å². The summed E-state index contributed by atoms with van der Waals surface area (Å²) < 4.78 is 32.9. The van der Waals surface area contributed by atoms with Gasteiger partial charge in [0, 0.05) is 6.61 Å². The maximum atomic E-state index is 10.2. The van der Waals surface area contributed by atoms with Crippen LogP contribution in [-0.2, 0) is 33.2 Å². The average Bonchev–Trinajstić information content (AvgIpc) is 2.65. The highest BCUT2D eigenvalue weighted by Crippen LogP contribution is 2.02. The van der Waals surface area contributed by atoms with Crippen LogP contribution in [0.1, 0.15) is 25.7 Å². The van der Waals surface area contributed by atoms with Crippen LogP contribution in [-0.4, -0.2) is 94.8 Å². The number of unbranched alkanes of at least 4 members (excludes halogenated alkanes) is 3. The van der Waals surface area contributed by atoms with E-state index in [4.69, 9.17) is 33.5 Å². The summed E-state index contributed by atoms with van der Waals surface area (Å²) in [5, 5.41) is 8.37. The molecule has 1 N–H and O–H groups in total. The fourth-order valence-corrected chi connectivity index (χ4v) is 2.45. The minimum atomic E-state index is -0.981. The number of hydrogen-bond acceptors (Lipinski definition) is 7. The standard InChI is InChI=1S/C18H35IO8/c19-5-3-1-2-4-6-22-7-8-23-9-10-24-11-12-25-13-14-26-15-16-27-17-18(20)21/h1-17H2,(H,20,21). The smallest absolute Gasteiger partial charge is 0.329 e. The molecule has 162 valence electrons. The molecule has 0 saturated heterocycles. The van der Waals surface area contributed by atoms with Crippen molar-refractivity contribution in [2.75, 3.05) is 83.7 Å². The number of rotatable bonds is 23. The molecule has 0 rings (SSSR count). The third kappa shape index (κ3) is 26.0. The largest absolute Gasteiger partial charge is 0.480 e. The Labute approximate surface area is 176 Å². The number of carboxylic acids is 1. The van der Waals surface area contributed by atoms with Gasteiger partial charge in [0.1, 0.15) is 6.61 Å². The first kappa shape index (κ1) is 27.0. The zero-order valence-corrected chi connectivity index (χ0v) is 18.4. The molecule has 0 spiro atoms. The van der Waals surface area contributed by atoms with E-state index in [1.165, 1.54) is 23.7 Å². The molecule has 0 fully saturated rings. The Bertz CT molecular complexity index is 307. The first-order valence-corrected chi connectivity index (χ1v) is 11.0. The Hall–Kier alpha value is -0.0400. The lowest BCUT2D eigenvalue weighted by Gasteiger charge is -2.08. The summed E-state index contributed by atoms with van der Waals surface area (Å²) in [4.78, 5) is 10.2. The van der Waals surface area contributed by atoms with Crippen LogP contribution >= 0.6 is 22.6 Å². The van der Waals surface area contributed by atoms with Crippen molar-refractivity contribution in [1.82, 2.24) is 0 Å². The molecular weight excluding hydrogens is 471 g/mol. The summed E-state index contributed by atoms with van der Waals surface area (Å²) >= 11 is 2.41. The fraction of sp³-hybridized carbons (Fsp3) is 0.944. The molecule has 0 aliphatic rings. The summed E-state index contributed by atoms with van der Waals surface area (Å²) in [5.74, 6) is -0.981. The summed E-state index contributed by atoms with van der Waals surface area (Å²) in [6.07, 6.45) is 4.96. The van der Waals surface area contributed by atoms with Crippen molar-refractivity contribution >= 4 is 28.6 Å². The van der Waals surface area contributed by atoms with Crippen LogP contribution in [0.25, 0.3) is 0 Å². The van der Waals surface area contributed by atoms with E-state index in [0.717, 1.165) is 13.0 Å². The first-order chi connectivity index (χ1) is 13.3. The Morgan fingerprint density at radius 1 is 0.556 bits per heavy atom. The molecule has 27 heavy (non-hydrogen) atoms. The van der Waals surface area contributed by atoms with Crippen molar-refractivity contribution in [3.63, 3.8) is 0 Å². The number of ether oxygens (including phenoxy) is 6. The van der Waals surface area contributed by atoms with Crippen molar-refractivity contribution in [3.8, 4) is 0 Å². The van der Waals surface area contributed by atoms with Crippen molar-refractivity contribution in [3.05, 3.63) is 0 Å². The first-order valence-electron chi connectivity index (χ1n) is 9.51. The summed E-state index contributed by atoms with van der Waals surface area (Å²) in [5.41, 5.74) is 0. The SMILES string of the molecule is O=C(O)COCCOCCOCCOCCOCCOCCCCCCI. The van der Waals surface area contributed by atoms with Gasteiger partial charge in [0.05, 0.1) is 66.1 Å². The van der Waals surface area contributed by atoms with E-state index < -0.39 is 5.97 Å². The van der Waals surface area contributed by atoms with E-state index in [-0.39, 0.29) is 13.2 Å². The third-order valence-electron chi connectivity index (χ3n) is 3.26. The molecular formula is C18H35IO8. The molecule has 0 aromatic rings. The van der Waals surface area contributed by atoms with Gasteiger partial charge in [-0.15, -0.1) is 0 Å².